The summed E-state index contributed by atoms with van der Waals surface area (Å²) in [4.78, 5) is 2.86. The summed E-state index contributed by atoms with van der Waals surface area (Å²) in [6, 6.07) is 3.89. The van der Waals surface area contributed by atoms with Crippen LogP contribution < -0.4 is 0 Å². The van der Waals surface area contributed by atoms with Crippen molar-refractivity contribution in [3.8, 4) is 0 Å². The molecule has 1 aromatic heterocycles. The van der Waals surface area contributed by atoms with Gasteiger partial charge >= 0.3 is 0 Å². The molecule has 1 N–H and O–H groups in total. The molecule has 0 aliphatic rings. The molecule has 0 aromatic carbocycles. The predicted octanol–water partition coefficient (Wildman–Crippen LogP) is 0.634. The summed E-state index contributed by atoms with van der Waals surface area (Å²) in [7, 11) is 0. The van der Waals surface area contributed by atoms with Crippen molar-refractivity contribution >= 4 is 37.7 Å². The summed E-state index contributed by atoms with van der Waals surface area (Å²) in [5.41, 5.74) is 0. The topological polar surface area (TPSA) is 15.8 Å². The van der Waals surface area contributed by atoms with Crippen LogP contribution >= 0.6 is 0 Å². The number of aromatic nitrogens is 1. The van der Waals surface area contributed by atoms with Gasteiger partial charge in [0.2, 0.25) is 0 Å². The minimum Gasteiger partial charge on any atom is -0.368 e. The van der Waals surface area contributed by atoms with Gasteiger partial charge in [0.05, 0.1) is 0 Å². The molecule has 0 aliphatic carbocycles. The van der Waals surface area contributed by atoms with E-state index >= 15 is 0 Å². The van der Waals surface area contributed by atoms with E-state index in [0.29, 0.717) is 0 Å². The van der Waals surface area contributed by atoms with E-state index in [1.807, 2.05) is 24.5 Å². The second-order valence-corrected chi connectivity index (χ2v) is 0.885. The van der Waals surface area contributed by atoms with E-state index in [0.717, 1.165) is 0 Å². The van der Waals surface area contributed by atoms with Crippen molar-refractivity contribution in [1.29, 1.82) is 0 Å². The number of hydrogen-bond donors (Lipinski definition) is 1. The van der Waals surface area contributed by atoms with Gasteiger partial charge in [0, 0.05) is 50.1 Å². The van der Waals surface area contributed by atoms with Gasteiger partial charge < -0.3 is 4.98 Å². The van der Waals surface area contributed by atoms with Gasteiger partial charge in [-0.1, -0.05) is 0 Å². The van der Waals surface area contributed by atoms with Crippen molar-refractivity contribution in [2.45, 2.75) is 0 Å². The summed E-state index contributed by atoms with van der Waals surface area (Å²) in [5.74, 6) is 0. The Bertz CT molecular complexity index is 64.0. The van der Waals surface area contributed by atoms with Crippen LogP contribution in [0.3, 0.4) is 0 Å². The molecule has 1 aromatic rings. The fourth-order valence-electron chi connectivity index (χ4n) is 0.278. The second kappa shape index (κ2) is 3.72. The molecule has 0 spiro atoms. The Morgan fingerprint density at radius 3 is 1.67 bits per heavy atom. The van der Waals surface area contributed by atoms with Crippen LogP contribution in [0.1, 0.15) is 0 Å². The number of aromatic amines is 1. The average molecular weight is 107 g/mol. The van der Waals surface area contributed by atoms with E-state index in [2.05, 4.69) is 4.98 Å². The van der Waals surface area contributed by atoms with E-state index in [-0.39, 0.29) is 37.7 Å². The van der Waals surface area contributed by atoms with Gasteiger partial charge in [-0.3, -0.25) is 0 Å². The molecule has 6 heavy (non-hydrogen) atoms. The molecule has 0 unspecified atom stereocenters. The third kappa shape index (κ3) is 1.85. The monoisotopic (exact) mass is 107 g/mol. The minimum absolute atomic E-state index is 0. The number of H-pyrrole nitrogens is 1. The molecule has 2 heteroatoms. The van der Waals surface area contributed by atoms with Gasteiger partial charge in [-0.25, -0.2) is 0 Å². The van der Waals surface area contributed by atoms with Gasteiger partial charge in [0.1, 0.15) is 0 Å². The van der Waals surface area contributed by atoms with E-state index in [1.165, 1.54) is 0 Å². The molecular formula is C4H5CaN. The van der Waals surface area contributed by atoms with Crippen LogP contribution in [0.25, 0.3) is 0 Å². The van der Waals surface area contributed by atoms with Crippen LogP contribution in [0.5, 0.6) is 0 Å². The van der Waals surface area contributed by atoms with Crippen molar-refractivity contribution in [3.05, 3.63) is 24.5 Å². The fraction of sp³-hybridized carbons (Fsp3) is 0. The molecule has 0 aliphatic heterocycles. The summed E-state index contributed by atoms with van der Waals surface area (Å²) in [6.07, 6.45) is 3.75. The normalized spacial score (nSPS) is 6.67. The third-order valence-corrected chi connectivity index (χ3v) is 0.496. The number of rotatable bonds is 0. The Balaban J connectivity index is 0.000000250. The molecule has 0 saturated carbocycles. The Hall–Kier alpha value is 0.540. The zero-order valence-electron chi connectivity index (χ0n) is 3.52. The van der Waals surface area contributed by atoms with E-state index in [4.69, 9.17) is 0 Å². The molecule has 0 fully saturated rings. The first-order chi connectivity index (χ1) is 2.50. The second-order valence-electron chi connectivity index (χ2n) is 0.885. The van der Waals surface area contributed by atoms with Gasteiger partial charge in [0.25, 0.3) is 0 Å². The zero-order valence-corrected chi connectivity index (χ0v) is 5.72. The minimum atomic E-state index is 0. The molecular weight excluding hydrogens is 102 g/mol. The zero-order chi connectivity index (χ0) is 3.54. The van der Waals surface area contributed by atoms with Gasteiger partial charge in [-0.05, 0) is 12.1 Å². The van der Waals surface area contributed by atoms with E-state index in [1.54, 1.807) is 0 Å². The molecule has 0 amide bonds. The van der Waals surface area contributed by atoms with Crippen molar-refractivity contribution in [2.75, 3.05) is 0 Å². The van der Waals surface area contributed by atoms with Crippen molar-refractivity contribution in [1.82, 2.24) is 4.98 Å². The van der Waals surface area contributed by atoms with Crippen LogP contribution in [0, 0.1) is 0 Å². The quantitative estimate of drug-likeness (QED) is 0.468. The fourth-order valence-corrected chi connectivity index (χ4v) is 0.278. The molecule has 1 heterocycles. The van der Waals surface area contributed by atoms with Crippen molar-refractivity contribution in [3.63, 3.8) is 0 Å². The first-order valence-corrected chi connectivity index (χ1v) is 1.58. The summed E-state index contributed by atoms with van der Waals surface area (Å²) >= 11 is 0. The summed E-state index contributed by atoms with van der Waals surface area (Å²) < 4.78 is 0. The van der Waals surface area contributed by atoms with Crippen LogP contribution in [-0.2, 0) is 0 Å². The molecule has 1 rings (SSSR count). The Kier molecular flexibility index (Phi) is 4.05. The van der Waals surface area contributed by atoms with Crippen LogP contribution in [0.4, 0.5) is 0 Å². The first-order valence-electron chi connectivity index (χ1n) is 1.58. The molecule has 28 valence electrons. The molecule has 0 atom stereocenters. The molecule has 0 bridgehead atoms. The third-order valence-electron chi connectivity index (χ3n) is 0.496. The standard InChI is InChI=1S/C4H5N.Ca/c1-2-4-5-3-1;/h1-5H;. The SMILES string of the molecule is [Ca].c1cc[nH]c1. The molecule has 1 nitrogen and oxygen atoms in total. The Morgan fingerprint density at radius 1 is 1.00 bits per heavy atom. The molecule has 2 radical (unpaired) electrons. The van der Waals surface area contributed by atoms with E-state index < -0.39 is 0 Å². The summed E-state index contributed by atoms with van der Waals surface area (Å²) in [5, 5.41) is 0. The van der Waals surface area contributed by atoms with Crippen molar-refractivity contribution in [2.24, 2.45) is 0 Å². The maximum absolute atomic E-state index is 2.86. The van der Waals surface area contributed by atoms with Gasteiger partial charge in [-0.15, -0.1) is 0 Å². The van der Waals surface area contributed by atoms with Crippen LogP contribution in [-0.4, -0.2) is 42.7 Å². The average Bonchev–Trinajstić information content (AvgIpc) is 1.76. The number of hydrogen-bond acceptors (Lipinski definition) is 0. The maximum atomic E-state index is 2.86. The smallest absolute Gasteiger partial charge is 0.000496 e. The summed E-state index contributed by atoms with van der Waals surface area (Å²) in [6.45, 7) is 0. The van der Waals surface area contributed by atoms with Crippen molar-refractivity contribution < 1.29 is 0 Å². The van der Waals surface area contributed by atoms with Gasteiger partial charge in [-0.2, -0.15) is 0 Å². The largest absolute Gasteiger partial charge is 0.368 e. The first kappa shape index (κ1) is 6.54. The predicted molar refractivity (Wildman–Crippen MR) is 26.5 cm³/mol. The van der Waals surface area contributed by atoms with Gasteiger partial charge in [0.15, 0.2) is 0 Å². The van der Waals surface area contributed by atoms with Crippen LogP contribution in [0.2, 0.25) is 0 Å². The van der Waals surface area contributed by atoms with E-state index in [9.17, 15) is 0 Å². The maximum Gasteiger partial charge on any atom is 0.000496 e. The number of nitrogens with one attached hydrogen (secondary N) is 1. The Labute approximate surface area is 66.8 Å². The molecule has 0 saturated heterocycles. The Morgan fingerprint density at radius 2 is 1.50 bits per heavy atom. The van der Waals surface area contributed by atoms with Crippen LogP contribution in [0.15, 0.2) is 24.5 Å².